The molecule has 2 atom stereocenters. The van der Waals surface area contributed by atoms with Crippen molar-refractivity contribution in [3.63, 3.8) is 0 Å². The lowest BCUT2D eigenvalue weighted by atomic mass is 9.86. The molecule has 9 heteroatoms. The highest BCUT2D eigenvalue weighted by Crippen LogP contribution is 2.25. The summed E-state index contributed by atoms with van der Waals surface area (Å²) in [6.07, 6.45) is 0.604. The first-order chi connectivity index (χ1) is 13.3. The highest BCUT2D eigenvalue weighted by Gasteiger charge is 2.29. The number of carbonyl (C=O) groups excluding carboxylic acids is 1. The third-order valence-corrected chi connectivity index (χ3v) is 4.77. The number of carbonyl (C=O) groups is 2. The van der Waals surface area contributed by atoms with E-state index in [4.69, 9.17) is 9.84 Å². The van der Waals surface area contributed by atoms with Crippen LogP contribution in [0.2, 0.25) is 0 Å². The van der Waals surface area contributed by atoms with Gasteiger partial charge in [0.1, 0.15) is 29.3 Å². The van der Waals surface area contributed by atoms with E-state index in [0.717, 1.165) is 16.6 Å². The topological polar surface area (TPSA) is 79.2 Å². The third-order valence-electron chi connectivity index (χ3n) is 4.77. The van der Waals surface area contributed by atoms with Gasteiger partial charge in [0.15, 0.2) is 11.9 Å². The monoisotopic (exact) mass is 374 g/mol. The summed E-state index contributed by atoms with van der Waals surface area (Å²) >= 11 is 0. The molecule has 1 aliphatic rings. The molecule has 3 rings (SSSR count). The van der Waals surface area contributed by atoms with Gasteiger partial charge in [0, 0.05) is 6.21 Å². The van der Waals surface area contributed by atoms with Crippen LogP contribution in [0.5, 0.6) is 5.75 Å². The van der Waals surface area contributed by atoms with Gasteiger partial charge in [-0.2, -0.15) is 5.10 Å². The first-order valence-electron chi connectivity index (χ1n) is 9.19. The first kappa shape index (κ1) is 19.8. The number of ketones is 1. The molecule has 0 bridgehead atoms. The Labute approximate surface area is 166 Å². The molecule has 140 valence electrons. The van der Waals surface area contributed by atoms with Crippen LogP contribution in [0.1, 0.15) is 17.3 Å². The van der Waals surface area contributed by atoms with Crippen molar-refractivity contribution in [3.05, 3.63) is 42.0 Å². The van der Waals surface area contributed by atoms with Crippen molar-refractivity contribution in [2.45, 2.75) is 13.0 Å². The fourth-order valence-electron chi connectivity index (χ4n) is 3.23. The van der Waals surface area contributed by atoms with Crippen LogP contribution in [-0.4, -0.2) is 59.3 Å². The second kappa shape index (κ2) is 7.96. The highest BCUT2D eigenvalue weighted by atomic mass is 16.5. The van der Waals surface area contributed by atoms with E-state index < -0.39 is 18.0 Å². The molecule has 1 heterocycles. The molecular formula is C19H21B3N2O4. The first-order valence-corrected chi connectivity index (χ1v) is 9.19. The Bertz CT molecular complexity index is 964. The highest BCUT2D eigenvalue weighted by molar-refractivity contribution is 6.40. The number of aliphatic carboxylic acids is 1. The quantitative estimate of drug-likeness (QED) is 0.452. The van der Waals surface area contributed by atoms with E-state index in [2.05, 4.69) is 11.2 Å². The minimum Gasteiger partial charge on any atom is -0.479 e. The summed E-state index contributed by atoms with van der Waals surface area (Å²) < 4.78 is 5.51. The number of Topliss-reactive ketones (excluding diaryl/α,β-unsaturated/α-hetero) is 1. The number of nitrogens with zero attached hydrogens (tertiary/aromatic N) is 2. The molecule has 2 unspecified atom stereocenters. The summed E-state index contributed by atoms with van der Waals surface area (Å²) in [5.74, 6) is -1.36. The number of carboxylic acid groups (broad SMARTS) is 1. The zero-order valence-corrected chi connectivity index (χ0v) is 16.5. The molecule has 0 amide bonds. The normalized spacial score (nSPS) is 16.8. The molecule has 1 N–H and O–H groups in total. The lowest BCUT2D eigenvalue weighted by Crippen LogP contribution is -2.29. The Morgan fingerprint density at radius 2 is 1.86 bits per heavy atom. The summed E-state index contributed by atoms with van der Waals surface area (Å²) in [6.45, 7) is 1.87. The predicted molar refractivity (Wildman–Crippen MR) is 119 cm³/mol. The SMILES string of the molecule is Bc1ccc(N2CC(C(=O)c3cc(B)ccc3OC(C)C(=O)O)C=N2)c(B)c1. The molecule has 2 aromatic rings. The van der Waals surface area contributed by atoms with Crippen molar-refractivity contribution in [1.82, 2.24) is 0 Å². The van der Waals surface area contributed by atoms with Crippen molar-refractivity contribution in [1.29, 1.82) is 0 Å². The minimum absolute atomic E-state index is 0.132. The van der Waals surface area contributed by atoms with Gasteiger partial charge < -0.3 is 9.84 Å². The van der Waals surface area contributed by atoms with Crippen LogP contribution in [0.25, 0.3) is 0 Å². The van der Waals surface area contributed by atoms with Crippen molar-refractivity contribution < 1.29 is 19.4 Å². The zero-order chi connectivity index (χ0) is 20.4. The summed E-state index contributed by atoms with van der Waals surface area (Å²) in [4.78, 5) is 24.3. The fraction of sp³-hybridized carbons (Fsp3) is 0.211. The number of hydrogen-bond donors (Lipinski definition) is 1. The fourth-order valence-corrected chi connectivity index (χ4v) is 3.23. The van der Waals surface area contributed by atoms with Crippen molar-refractivity contribution >= 4 is 63.6 Å². The van der Waals surface area contributed by atoms with Crippen molar-refractivity contribution in [3.8, 4) is 5.75 Å². The van der Waals surface area contributed by atoms with E-state index in [1.807, 2.05) is 40.7 Å². The van der Waals surface area contributed by atoms with Gasteiger partial charge in [-0.3, -0.25) is 9.80 Å². The molecule has 0 radical (unpaired) electrons. The molecule has 0 fully saturated rings. The van der Waals surface area contributed by atoms with Crippen LogP contribution in [0, 0.1) is 5.92 Å². The Morgan fingerprint density at radius 3 is 2.54 bits per heavy atom. The summed E-state index contributed by atoms with van der Waals surface area (Å²) in [7, 11) is 5.94. The Morgan fingerprint density at radius 1 is 1.18 bits per heavy atom. The van der Waals surface area contributed by atoms with E-state index in [1.165, 1.54) is 12.4 Å². The molecule has 0 aromatic heterocycles. The van der Waals surface area contributed by atoms with Crippen LogP contribution in [0.15, 0.2) is 41.5 Å². The van der Waals surface area contributed by atoms with Gasteiger partial charge in [-0.15, -0.1) is 0 Å². The molecule has 0 aliphatic carbocycles. The maximum atomic E-state index is 13.1. The van der Waals surface area contributed by atoms with E-state index >= 15 is 0 Å². The number of hydrogen-bond acceptors (Lipinski definition) is 5. The Balaban J connectivity index is 1.82. The number of rotatable bonds is 6. The van der Waals surface area contributed by atoms with Crippen LogP contribution in [0.4, 0.5) is 5.69 Å². The van der Waals surface area contributed by atoms with Crippen LogP contribution < -0.4 is 26.1 Å². The van der Waals surface area contributed by atoms with Gasteiger partial charge in [-0.25, -0.2) is 4.79 Å². The number of anilines is 1. The van der Waals surface area contributed by atoms with E-state index in [0.29, 0.717) is 12.1 Å². The molecule has 28 heavy (non-hydrogen) atoms. The summed E-state index contributed by atoms with van der Waals surface area (Å²) in [5.41, 5.74) is 4.52. The van der Waals surface area contributed by atoms with Gasteiger partial charge in [-0.05, 0) is 19.1 Å². The average Bonchev–Trinajstić information content (AvgIpc) is 3.12. The Kier molecular flexibility index (Phi) is 5.63. The van der Waals surface area contributed by atoms with Gasteiger partial charge in [0.05, 0.1) is 23.7 Å². The maximum Gasteiger partial charge on any atom is 0.344 e. The summed E-state index contributed by atoms with van der Waals surface area (Å²) in [6, 6.07) is 11.3. The van der Waals surface area contributed by atoms with Gasteiger partial charge in [0.25, 0.3) is 0 Å². The van der Waals surface area contributed by atoms with Gasteiger partial charge >= 0.3 is 5.97 Å². The van der Waals surface area contributed by atoms with Crippen LogP contribution >= 0.6 is 0 Å². The molecule has 0 saturated carbocycles. The van der Waals surface area contributed by atoms with E-state index in [9.17, 15) is 9.59 Å². The standard InChI is InChI=1S/C19H21B3N2O4/c1-10(19(26)27)28-17-5-3-12(20)6-14(17)18(25)11-8-23-24(9-11)16-4-2-13(21)7-15(16)22/h2-8,10-11H,9,20-22H2,1H3,(H,26,27). The van der Waals surface area contributed by atoms with Crippen molar-refractivity contribution in [2.75, 3.05) is 11.6 Å². The van der Waals surface area contributed by atoms with Crippen molar-refractivity contribution in [2.24, 2.45) is 11.0 Å². The second-order valence-corrected chi connectivity index (χ2v) is 7.21. The van der Waals surface area contributed by atoms with Gasteiger partial charge in [0.2, 0.25) is 0 Å². The second-order valence-electron chi connectivity index (χ2n) is 7.21. The smallest absolute Gasteiger partial charge is 0.344 e. The Hall–Kier alpha value is -2.96. The average molecular weight is 374 g/mol. The summed E-state index contributed by atoms with van der Waals surface area (Å²) in [5, 5.41) is 15.4. The van der Waals surface area contributed by atoms with Crippen LogP contribution in [0.3, 0.4) is 0 Å². The molecule has 1 aliphatic heterocycles. The predicted octanol–water partition coefficient (Wildman–Crippen LogP) is -2.38. The number of ether oxygens (including phenoxy) is 1. The molecule has 0 saturated heterocycles. The minimum atomic E-state index is -1.08. The number of carboxylic acids is 1. The lowest BCUT2D eigenvalue weighted by Gasteiger charge is -2.19. The third kappa shape index (κ3) is 4.13. The van der Waals surface area contributed by atoms with Crippen LogP contribution in [-0.2, 0) is 4.79 Å². The maximum absolute atomic E-state index is 13.1. The molecule has 0 spiro atoms. The van der Waals surface area contributed by atoms with E-state index in [-0.39, 0.29) is 11.5 Å². The van der Waals surface area contributed by atoms with E-state index in [1.54, 1.807) is 24.4 Å². The largest absolute Gasteiger partial charge is 0.479 e. The van der Waals surface area contributed by atoms with Gasteiger partial charge in [-0.1, -0.05) is 40.7 Å². The lowest BCUT2D eigenvalue weighted by molar-refractivity contribution is -0.144. The molecular weight excluding hydrogens is 353 g/mol. The zero-order valence-electron chi connectivity index (χ0n) is 16.5. The molecule has 6 nitrogen and oxygen atoms in total. The number of benzene rings is 2. The number of hydrazone groups is 1. The molecule has 2 aromatic carbocycles.